The second-order valence-electron chi connectivity index (χ2n) is 5.60. The maximum Gasteiger partial charge on any atom is 0.244 e. The molecule has 0 spiro atoms. The molecule has 0 saturated carbocycles. The van der Waals surface area contributed by atoms with Gasteiger partial charge in [0.2, 0.25) is 10.0 Å². The Balaban J connectivity index is 0.00000196. The lowest BCUT2D eigenvalue weighted by Gasteiger charge is -2.27. The Morgan fingerprint density at radius 1 is 1.04 bits per heavy atom. The quantitative estimate of drug-likeness (QED) is 0.671. The summed E-state index contributed by atoms with van der Waals surface area (Å²) < 4.78 is 27.7. The first-order chi connectivity index (χ1) is 12.4. The number of rotatable bonds is 4. The smallest absolute Gasteiger partial charge is 0.244 e. The highest BCUT2D eigenvalue weighted by Gasteiger charge is 2.29. The summed E-state index contributed by atoms with van der Waals surface area (Å²) in [5, 5.41) is 13.3. The van der Waals surface area contributed by atoms with Crippen LogP contribution in [0.3, 0.4) is 0 Å². The summed E-state index contributed by atoms with van der Waals surface area (Å²) in [5.41, 5.74) is 0.292. The molecule has 0 atom stereocenters. The van der Waals surface area contributed by atoms with Crippen molar-refractivity contribution < 1.29 is 8.42 Å². The maximum atomic E-state index is 13.1. The van der Waals surface area contributed by atoms with Gasteiger partial charge in [-0.15, -0.1) is 24.8 Å². The van der Waals surface area contributed by atoms with Crippen LogP contribution in [0.5, 0.6) is 0 Å². The Morgan fingerprint density at radius 2 is 1.71 bits per heavy atom. The van der Waals surface area contributed by atoms with E-state index in [0.717, 1.165) is 0 Å². The number of sulfonamides is 1. The average Bonchev–Trinajstić information content (AvgIpc) is 2.65. The first-order valence-corrected chi connectivity index (χ1v) is 10.8. The largest absolute Gasteiger partial charge is 0.314 e. The number of halogens is 4. The molecular weight excluding hydrogens is 484 g/mol. The molecule has 1 fully saturated rings. The highest BCUT2D eigenvalue weighted by atomic mass is 35.5. The van der Waals surface area contributed by atoms with Crippen LogP contribution in [0.1, 0.15) is 5.56 Å². The zero-order valence-electron chi connectivity index (χ0n) is 14.4. The first-order valence-electron chi connectivity index (χ1n) is 7.80. The van der Waals surface area contributed by atoms with Gasteiger partial charge in [0.05, 0.1) is 21.6 Å². The number of benzene rings is 2. The number of nitriles is 1. The van der Waals surface area contributed by atoms with Crippen LogP contribution in [0.25, 0.3) is 0 Å². The number of piperazine rings is 1. The lowest BCUT2D eigenvalue weighted by atomic mass is 10.2. The van der Waals surface area contributed by atoms with Crippen LogP contribution in [-0.4, -0.2) is 38.9 Å². The topological polar surface area (TPSA) is 73.2 Å². The SMILES string of the molecule is Cl.Cl.N#Cc1ccc(Sc2cc(Cl)ccc2Cl)c(S(=O)(=O)N2CCNCC2)c1. The van der Waals surface area contributed by atoms with Gasteiger partial charge in [0.15, 0.2) is 0 Å². The molecule has 1 aliphatic rings. The summed E-state index contributed by atoms with van der Waals surface area (Å²) in [5.74, 6) is 0. The van der Waals surface area contributed by atoms with Gasteiger partial charge in [0.25, 0.3) is 0 Å². The van der Waals surface area contributed by atoms with E-state index in [1.807, 2.05) is 6.07 Å². The summed E-state index contributed by atoms with van der Waals surface area (Å²) in [6.07, 6.45) is 0. The minimum absolute atomic E-state index is 0. The van der Waals surface area contributed by atoms with Gasteiger partial charge in [-0.3, -0.25) is 0 Å². The predicted octanol–water partition coefficient (Wildman–Crippen LogP) is 4.45. The molecule has 2 aromatic rings. The molecule has 28 heavy (non-hydrogen) atoms. The molecule has 0 unspecified atom stereocenters. The molecule has 3 rings (SSSR count). The van der Waals surface area contributed by atoms with Gasteiger partial charge < -0.3 is 5.32 Å². The molecule has 0 bridgehead atoms. The predicted molar refractivity (Wildman–Crippen MR) is 118 cm³/mol. The summed E-state index contributed by atoms with van der Waals surface area (Å²) in [4.78, 5) is 1.27. The zero-order chi connectivity index (χ0) is 18.7. The average molecular weight is 501 g/mol. The van der Waals surface area contributed by atoms with E-state index in [1.54, 1.807) is 30.3 Å². The number of hydrogen-bond acceptors (Lipinski definition) is 5. The Hall–Kier alpha value is -0.690. The lowest BCUT2D eigenvalue weighted by molar-refractivity contribution is 0.359. The molecule has 1 N–H and O–H groups in total. The second-order valence-corrected chi connectivity index (χ2v) is 9.44. The summed E-state index contributed by atoms with van der Waals surface area (Å²) in [7, 11) is -3.72. The van der Waals surface area contributed by atoms with E-state index in [9.17, 15) is 13.7 Å². The Bertz CT molecular complexity index is 975. The number of nitrogens with zero attached hydrogens (tertiary/aromatic N) is 2. The van der Waals surface area contributed by atoms with E-state index in [-0.39, 0.29) is 29.7 Å². The standard InChI is InChI=1S/C17H15Cl2N3O2S2.2ClH/c18-13-2-3-14(19)16(10-13)25-15-4-1-12(11-20)9-17(15)26(23,24)22-7-5-21-6-8-22;;/h1-4,9-10,21H,5-8H2;2*1H. The molecule has 0 aromatic heterocycles. The molecular formula is C17H17Cl4N3O2S2. The van der Waals surface area contributed by atoms with Crippen molar-refractivity contribution in [3.8, 4) is 6.07 Å². The van der Waals surface area contributed by atoms with Crippen molar-refractivity contribution in [2.45, 2.75) is 14.7 Å². The van der Waals surface area contributed by atoms with Crippen molar-refractivity contribution in [1.82, 2.24) is 9.62 Å². The Morgan fingerprint density at radius 3 is 2.36 bits per heavy atom. The van der Waals surface area contributed by atoms with Crippen LogP contribution >= 0.6 is 59.8 Å². The fraction of sp³-hybridized carbons (Fsp3) is 0.235. The monoisotopic (exact) mass is 499 g/mol. The minimum atomic E-state index is -3.72. The van der Waals surface area contributed by atoms with Gasteiger partial charge in [0.1, 0.15) is 0 Å². The van der Waals surface area contributed by atoms with E-state index < -0.39 is 10.0 Å². The molecule has 5 nitrogen and oxygen atoms in total. The van der Waals surface area contributed by atoms with Crippen LogP contribution in [0.2, 0.25) is 10.0 Å². The first kappa shape index (κ1) is 25.3. The van der Waals surface area contributed by atoms with Crippen molar-refractivity contribution in [2.24, 2.45) is 0 Å². The molecule has 2 aromatic carbocycles. The highest BCUT2D eigenvalue weighted by Crippen LogP contribution is 2.39. The molecule has 1 aliphatic heterocycles. The van der Waals surface area contributed by atoms with Crippen LogP contribution in [0.4, 0.5) is 0 Å². The van der Waals surface area contributed by atoms with Crippen LogP contribution in [0, 0.1) is 11.3 Å². The van der Waals surface area contributed by atoms with Gasteiger partial charge in [-0.2, -0.15) is 9.57 Å². The second kappa shape index (κ2) is 10.9. The van der Waals surface area contributed by atoms with Crippen molar-refractivity contribution in [1.29, 1.82) is 5.26 Å². The maximum absolute atomic E-state index is 13.1. The third-order valence-corrected chi connectivity index (χ3v) is 7.76. The summed E-state index contributed by atoms with van der Waals surface area (Å²) >= 11 is 13.5. The van der Waals surface area contributed by atoms with Crippen LogP contribution in [0.15, 0.2) is 51.1 Å². The number of nitrogens with one attached hydrogen (secondary N) is 1. The van der Waals surface area contributed by atoms with E-state index >= 15 is 0 Å². The lowest BCUT2D eigenvalue weighted by Crippen LogP contribution is -2.46. The fourth-order valence-corrected chi connectivity index (χ4v) is 5.90. The summed E-state index contributed by atoms with van der Waals surface area (Å²) in [6, 6.07) is 11.7. The third kappa shape index (κ3) is 5.68. The van der Waals surface area contributed by atoms with E-state index in [1.165, 1.54) is 22.1 Å². The minimum Gasteiger partial charge on any atom is -0.314 e. The van der Waals surface area contributed by atoms with Crippen molar-refractivity contribution in [2.75, 3.05) is 26.2 Å². The zero-order valence-corrected chi connectivity index (χ0v) is 19.2. The fourth-order valence-electron chi connectivity index (χ4n) is 2.56. The molecule has 0 radical (unpaired) electrons. The van der Waals surface area contributed by atoms with E-state index in [4.69, 9.17) is 23.2 Å². The summed E-state index contributed by atoms with van der Waals surface area (Å²) in [6.45, 7) is 1.97. The normalized spacial score (nSPS) is 14.5. The van der Waals surface area contributed by atoms with Gasteiger partial charge in [0, 0.05) is 41.0 Å². The van der Waals surface area contributed by atoms with Gasteiger partial charge in [-0.05, 0) is 36.4 Å². The van der Waals surface area contributed by atoms with Crippen molar-refractivity contribution in [3.63, 3.8) is 0 Å². The van der Waals surface area contributed by atoms with Crippen LogP contribution in [-0.2, 0) is 10.0 Å². The molecule has 1 saturated heterocycles. The Kier molecular flexibility index (Phi) is 9.87. The molecule has 152 valence electrons. The molecule has 0 amide bonds. The molecule has 1 heterocycles. The van der Waals surface area contributed by atoms with Crippen molar-refractivity contribution >= 4 is 69.8 Å². The van der Waals surface area contributed by atoms with E-state index in [0.29, 0.717) is 51.6 Å². The van der Waals surface area contributed by atoms with E-state index in [2.05, 4.69) is 5.32 Å². The number of hydrogen-bond donors (Lipinski definition) is 1. The Labute approximate surface area is 191 Å². The highest BCUT2D eigenvalue weighted by molar-refractivity contribution is 8.00. The van der Waals surface area contributed by atoms with Gasteiger partial charge in [-0.25, -0.2) is 8.42 Å². The van der Waals surface area contributed by atoms with Gasteiger partial charge >= 0.3 is 0 Å². The van der Waals surface area contributed by atoms with Gasteiger partial charge in [-0.1, -0.05) is 35.0 Å². The molecule has 11 heteroatoms. The molecule has 0 aliphatic carbocycles. The third-order valence-electron chi connectivity index (χ3n) is 3.88. The van der Waals surface area contributed by atoms with Crippen molar-refractivity contribution in [3.05, 3.63) is 52.0 Å². The van der Waals surface area contributed by atoms with Crippen LogP contribution < -0.4 is 5.32 Å².